The summed E-state index contributed by atoms with van der Waals surface area (Å²) in [6.07, 6.45) is 0. The summed E-state index contributed by atoms with van der Waals surface area (Å²) in [6, 6.07) is 18.7. The van der Waals surface area contributed by atoms with Gasteiger partial charge in [-0.25, -0.2) is 8.42 Å². The van der Waals surface area contributed by atoms with Crippen LogP contribution < -0.4 is 19.1 Å². The summed E-state index contributed by atoms with van der Waals surface area (Å²) in [6.45, 7) is 5.57. The Bertz CT molecular complexity index is 1430. The van der Waals surface area contributed by atoms with Crippen LogP contribution in [-0.4, -0.2) is 58.5 Å². The van der Waals surface area contributed by atoms with Crippen LogP contribution in [0.3, 0.4) is 0 Å². The molecular weight excluding hydrogens is 566 g/mol. The number of anilines is 1. The molecule has 0 radical (unpaired) electrons. The molecule has 0 fully saturated rings. The average Bonchev–Trinajstić information content (AvgIpc) is 2.97. The maximum Gasteiger partial charge on any atom is 0.264 e. The highest BCUT2D eigenvalue weighted by Crippen LogP contribution is 2.32. The Balaban J connectivity index is 2.04. The molecule has 0 spiro atoms. The van der Waals surface area contributed by atoms with Gasteiger partial charge < -0.3 is 19.7 Å². The van der Waals surface area contributed by atoms with Crippen LogP contribution in [0.4, 0.5) is 5.69 Å². The standard InChI is InChI=1S/C30H36ClN3O6S/c1-21(2)18-32-30(36)22(3)33(19-23-9-7-6-8-10-23)29(35)20-34(25-13-11-24(31)12-14-25)41(37,38)26-15-16-27(39-4)28(17-26)40-5/h6-17,21-22H,18-20H2,1-5H3,(H,32,36)/t22-/m0/s1. The lowest BCUT2D eigenvalue weighted by Gasteiger charge is -2.32. The highest BCUT2D eigenvalue weighted by atomic mass is 35.5. The predicted molar refractivity (Wildman–Crippen MR) is 160 cm³/mol. The number of ether oxygens (including phenoxy) is 2. The quantitative estimate of drug-likeness (QED) is 0.303. The van der Waals surface area contributed by atoms with Crippen LogP contribution >= 0.6 is 11.6 Å². The first-order chi connectivity index (χ1) is 19.5. The Hall–Kier alpha value is -3.76. The van der Waals surface area contributed by atoms with E-state index in [0.717, 1.165) is 9.87 Å². The molecule has 2 amide bonds. The number of hydrogen-bond acceptors (Lipinski definition) is 6. The Kier molecular flexibility index (Phi) is 11.0. The number of nitrogens with one attached hydrogen (secondary N) is 1. The van der Waals surface area contributed by atoms with E-state index in [1.165, 1.54) is 49.5 Å². The van der Waals surface area contributed by atoms with Gasteiger partial charge in [-0.3, -0.25) is 13.9 Å². The molecule has 0 saturated heterocycles. The third kappa shape index (κ3) is 8.14. The number of hydrogen-bond donors (Lipinski definition) is 1. The van der Waals surface area contributed by atoms with Gasteiger partial charge >= 0.3 is 0 Å². The molecule has 0 heterocycles. The molecule has 3 rings (SSSR count). The van der Waals surface area contributed by atoms with Gasteiger partial charge in [-0.15, -0.1) is 0 Å². The maximum absolute atomic E-state index is 14.0. The van der Waals surface area contributed by atoms with Crippen LogP contribution in [0.25, 0.3) is 0 Å². The van der Waals surface area contributed by atoms with Gasteiger partial charge in [-0.05, 0) is 54.8 Å². The number of halogens is 1. The zero-order valence-corrected chi connectivity index (χ0v) is 25.4. The van der Waals surface area contributed by atoms with Gasteiger partial charge in [-0.1, -0.05) is 55.8 Å². The smallest absolute Gasteiger partial charge is 0.264 e. The molecule has 3 aromatic rings. The number of sulfonamides is 1. The molecule has 11 heteroatoms. The fourth-order valence-corrected chi connectivity index (χ4v) is 5.61. The molecule has 0 aromatic heterocycles. The van der Waals surface area contributed by atoms with E-state index >= 15 is 0 Å². The number of amides is 2. The van der Waals surface area contributed by atoms with Gasteiger partial charge in [0, 0.05) is 24.2 Å². The van der Waals surface area contributed by atoms with Gasteiger partial charge in [0.2, 0.25) is 11.8 Å². The third-order valence-corrected chi connectivity index (χ3v) is 8.41. The molecule has 1 atom stereocenters. The van der Waals surface area contributed by atoms with E-state index in [9.17, 15) is 18.0 Å². The molecule has 1 N–H and O–H groups in total. The Morgan fingerprint density at radius 1 is 0.902 bits per heavy atom. The maximum atomic E-state index is 14.0. The minimum absolute atomic E-state index is 0.102. The number of methoxy groups -OCH3 is 2. The average molecular weight is 602 g/mol. The molecule has 0 aliphatic heterocycles. The van der Waals surface area contributed by atoms with Crippen molar-refractivity contribution in [3.63, 3.8) is 0 Å². The van der Waals surface area contributed by atoms with Gasteiger partial charge in [0.15, 0.2) is 11.5 Å². The lowest BCUT2D eigenvalue weighted by molar-refractivity contribution is -0.139. The summed E-state index contributed by atoms with van der Waals surface area (Å²) in [5.74, 6) is -0.0896. The van der Waals surface area contributed by atoms with Gasteiger partial charge in [-0.2, -0.15) is 0 Å². The minimum atomic E-state index is -4.29. The zero-order chi connectivity index (χ0) is 30.2. The number of benzene rings is 3. The van der Waals surface area contributed by atoms with Crippen molar-refractivity contribution in [1.82, 2.24) is 10.2 Å². The zero-order valence-electron chi connectivity index (χ0n) is 23.8. The van der Waals surface area contributed by atoms with Crippen molar-refractivity contribution in [2.75, 3.05) is 31.6 Å². The summed E-state index contributed by atoms with van der Waals surface area (Å²) in [4.78, 5) is 28.3. The topological polar surface area (TPSA) is 105 Å². The number of nitrogens with zero attached hydrogens (tertiary/aromatic N) is 2. The van der Waals surface area contributed by atoms with Crippen LogP contribution in [0.1, 0.15) is 26.3 Å². The van der Waals surface area contributed by atoms with E-state index in [1.807, 2.05) is 44.2 Å². The second-order valence-electron chi connectivity index (χ2n) is 9.83. The highest BCUT2D eigenvalue weighted by molar-refractivity contribution is 7.92. The monoisotopic (exact) mass is 601 g/mol. The lowest BCUT2D eigenvalue weighted by Crippen LogP contribution is -2.51. The normalized spacial score (nSPS) is 12.0. The second kappa shape index (κ2) is 14.2. The third-order valence-electron chi connectivity index (χ3n) is 6.38. The van der Waals surface area contributed by atoms with Gasteiger partial charge in [0.05, 0.1) is 24.8 Å². The molecule has 0 saturated carbocycles. The first-order valence-corrected chi connectivity index (χ1v) is 14.9. The molecule has 0 aliphatic carbocycles. The Morgan fingerprint density at radius 3 is 2.12 bits per heavy atom. The van der Waals surface area contributed by atoms with E-state index < -0.39 is 28.5 Å². The van der Waals surface area contributed by atoms with Crippen molar-refractivity contribution in [1.29, 1.82) is 0 Å². The van der Waals surface area contributed by atoms with E-state index in [-0.39, 0.29) is 34.7 Å². The van der Waals surface area contributed by atoms with E-state index in [4.69, 9.17) is 21.1 Å². The molecule has 0 unspecified atom stereocenters. The Morgan fingerprint density at radius 2 is 1.54 bits per heavy atom. The van der Waals surface area contributed by atoms with E-state index in [0.29, 0.717) is 17.3 Å². The van der Waals surface area contributed by atoms with Gasteiger partial charge in [0.25, 0.3) is 10.0 Å². The summed E-state index contributed by atoms with van der Waals surface area (Å²) >= 11 is 6.08. The fourth-order valence-electron chi connectivity index (χ4n) is 4.06. The van der Waals surface area contributed by atoms with Crippen molar-refractivity contribution < 1.29 is 27.5 Å². The molecule has 0 bridgehead atoms. The van der Waals surface area contributed by atoms with Crippen LogP contribution in [0.5, 0.6) is 11.5 Å². The van der Waals surface area contributed by atoms with E-state index in [2.05, 4.69) is 5.32 Å². The first-order valence-electron chi connectivity index (χ1n) is 13.1. The summed E-state index contributed by atoms with van der Waals surface area (Å²) in [5.41, 5.74) is 1.03. The molecular formula is C30H36ClN3O6S. The highest BCUT2D eigenvalue weighted by Gasteiger charge is 2.33. The van der Waals surface area contributed by atoms with Crippen molar-refractivity contribution in [3.8, 4) is 11.5 Å². The molecule has 220 valence electrons. The van der Waals surface area contributed by atoms with Crippen LogP contribution in [0, 0.1) is 5.92 Å². The van der Waals surface area contributed by atoms with Crippen molar-refractivity contribution in [2.45, 2.75) is 38.3 Å². The predicted octanol–water partition coefficient (Wildman–Crippen LogP) is 4.74. The summed E-state index contributed by atoms with van der Waals surface area (Å²) in [7, 11) is -1.43. The molecule has 9 nitrogen and oxygen atoms in total. The van der Waals surface area contributed by atoms with Crippen molar-refractivity contribution in [2.24, 2.45) is 5.92 Å². The molecule has 3 aromatic carbocycles. The lowest BCUT2D eigenvalue weighted by atomic mass is 10.1. The summed E-state index contributed by atoms with van der Waals surface area (Å²) in [5, 5.41) is 3.28. The fraction of sp³-hybridized carbons (Fsp3) is 0.333. The largest absolute Gasteiger partial charge is 0.493 e. The first kappa shape index (κ1) is 31.8. The molecule has 0 aliphatic rings. The van der Waals surface area contributed by atoms with Crippen LogP contribution in [0.2, 0.25) is 5.02 Å². The molecule has 41 heavy (non-hydrogen) atoms. The summed E-state index contributed by atoms with van der Waals surface area (Å²) < 4.78 is 39.6. The number of rotatable bonds is 13. The van der Waals surface area contributed by atoms with Crippen LogP contribution in [-0.2, 0) is 26.2 Å². The van der Waals surface area contributed by atoms with Crippen molar-refractivity contribution in [3.05, 3.63) is 83.4 Å². The van der Waals surface area contributed by atoms with E-state index in [1.54, 1.807) is 19.1 Å². The van der Waals surface area contributed by atoms with Gasteiger partial charge in [0.1, 0.15) is 12.6 Å². The second-order valence-corrected chi connectivity index (χ2v) is 12.1. The number of carbonyl (C=O) groups is 2. The minimum Gasteiger partial charge on any atom is -0.493 e. The Labute approximate surface area is 247 Å². The number of carbonyl (C=O) groups excluding carboxylic acids is 2. The van der Waals surface area contributed by atoms with Crippen LogP contribution in [0.15, 0.2) is 77.7 Å². The van der Waals surface area contributed by atoms with Crippen molar-refractivity contribution >= 4 is 39.1 Å². The SMILES string of the molecule is COc1ccc(S(=O)(=O)N(CC(=O)N(Cc2ccccc2)[C@@H](C)C(=O)NCC(C)C)c2ccc(Cl)cc2)cc1OC.